The van der Waals surface area contributed by atoms with E-state index in [0.717, 1.165) is 12.1 Å². The van der Waals surface area contributed by atoms with Crippen molar-refractivity contribution in [2.24, 2.45) is 5.92 Å². The van der Waals surface area contributed by atoms with Gasteiger partial charge in [0, 0.05) is 18.8 Å². The average Bonchev–Trinajstić information content (AvgIpc) is 2.43. The standard InChI is InChI=1S/C13H20N2O5S/c1-2-9(5-6-16)8-15-21(19,20)12-7-10(14)3-4-11(12)13(17)18/h3-4,7,9,15-16H,2,5-6,8,14H2,1H3,(H,17,18). The van der Waals surface area contributed by atoms with Crippen molar-refractivity contribution in [3.05, 3.63) is 23.8 Å². The van der Waals surface area contributed by atoms with Gasteiger partial charge in [0.25, 0.3) is 0 Å². The Labute approximate surface area is 123 Å². The second-order valence-electron chi connectivity index (χ2n) is 4.70. The molecule has 0 aliphatic carbocycles. The minimum Gasteiger partial charge on any atom is -0.478 e. The third-order valence-corrected chi connectivity index (χ3v) is 4.67. The molecular weight excluding hydrogens is 296 g/mol. The molecule has 0 bridgehead atoms. The summed E-state index contributed by atoms with van der Waals surface area (Å²) in [6.45, 7) is 1.99. The van der Waals surface area contributed by atoms with Crippen molar-refractivity contribution >= 4 is 21.7 Å². The van der Waals surface area contributed by atoms with E-state index in [-0.39, 0.29) is 35.2 Å². The molecule has 1 aromatic carbocycles. The third-order valence-electron chi connectivity index (χ3n) is 3.20. The van der Waals surface area contributed by atoms with Crippen LogP contribution in [0.3, 0.4) is 0 Å². The molecule has 1 aromatic rings. The zero-order valence-electron chi connectivity index (χ0n) is 11.7. The second-order valence-corrected chi connectivity index (χ2v) is 6.43. The number of nitrogen functional groups attached to an aromatic ring is 1. The van der Waals surface area contributed by atoms with Crippen molar-refractivity contribution in [1.29, 1.82) is 0 Å². The van der Waals surface area contributed by atoms with E-state index < -0.39 is 16.0 Å². The first-order valence-electron chi connectivity index (χ1n) is 6.55. The minimum atomic E-state index is -3.97. The van der Waals surface area contributed by atoms with E-state index in [2.05, 4.69) is 4.72 Å². The Kier molecular flexibility index (Phi) is 6.13. The smallest absolute Gasteiger partial charge is 0.337 e. The number of rotatable bonds is 8. The van der Waals surface area contributed by atoms with Crippen LogP contribution in [0.15, 0.2) is 23.1 Å². The van der Waals surface area contributed by atoms with Crippen LogP contribution in [0, 0.1) is 5.92 Å². The molecule has 0 saturated carbocycles. The van der Waals surface area contributed by atoms with Crippen LogP contribution in [-0.2, 0) is 10.0 Å². The van der Waals surface area contributed by atoms with E-state index in [9.17, 15) is 13.2 Å². The summed E-state index contributed by atoms with van der Waals surface area (Å²) >= 11 is 0. The molecule has 0 aromatic heterocycles. The summed E-state index contributed by atoms with van der Waals surface area (Å²) < 4.78 is 26.9. The van der Waals surface area contributed by atoms with E-state index in [1.54, 1.807) is 0 Å². The van der Waals surface area contributed by atoms with Crippen LogP contribution in [-0.4, -0.2) is 37.8 Å². The van der Waals surface area contributed by atoms with Gasteiger partial charge >= 0.3 is 5.97 Å². The highest BCUT2D eigenvalue weighted by molar-refractivity contribution is 7.89. The lowest BCUT2D eigenvalue weighted by molar-refractivity contribution is 0.0692. The molecule has 0 heterocycles. The number of aliphatic hydroxyl groups excluding tert-OH is 1. The summed E-state index contributed by atoms with van der Waals surface area (Å²) in [6.07, 6.45) is 1.17. The van der Waals surface area contributed by atoms with E-state index >= 15 is 0 Å². The first-order valence-corrected chi connectivity index (χ1v) is 8.03. The van der Waals surface area contributed by atoms with Crippen molar-refractivity contribution in [3.8, 4) is 0 Å². The van der Waals surface area contributed by atoms with Crippen LogP contribution in [0.25, 0.3) is 0 Å². The van der Waals surface area contributed by atoms with Crippen LogP contribution >= 0.6 is 0 Å². The molecule has 118 valence electrons. The van der Waals surface area contributed by atoms with Crippen LogP contribution in [0.1, 0.15) is 30.1 Å². The van der Waals surface area contributed by atoms with Gasteiger partial charge < -0.3 is 15.9 Å². The van der Waals surface area contributed by atoms with Gasteiger partial charge in [-0.3, -0.25) is 0 Å². The van der Waals surface area contributed by atoms with Gasteiger partial charge in [0.2, 0.25) is 10.0 Å². The zero-order chi connectivity index (χ0) is 16.0. The monoisotopic (exact) mass is 316 g/mol. The van der Waals surface area contributed by atoms with Crippen LogP contribution in [0.5, 0.6) is 0 Å². The van der Waals surface area contributed by atoms with Gasteiger partial charge in [-0.2, -0.15) is 0 Å². The SMILES string of the molecule is CCC(CCO)CNS(=O)(=O)c1cc(N)ccc1C(=O)O. The number of benzene rings is 1. The topological polar surface area (TPSA) is 130 Å². The molecule has 0 aliphatic heterocycles. The zero-order valence-corrected chi connectivity index (χ0v) is 12.6. The molecule has 7 nitrogen and oxygen atoms in total. The number of sulfonamides is 1. The molecule has 1 atom stereocenters. The number of carboxylic acid groups (broad SMARTS) is 1. The lowest BCUT2D eigenvalue weighted by atomic mass is 10.0. The molecule has 0 aliphatic rings. The number of aromatic carboxylic acids is 1. The molecule has 5 N–H and O–H groups in total. The minimum absolute atomic E-state index is 0.0147. The predicted octanol–water partition coefficient (Wildman–Crippen LogP) is 0.654. The summed E-state index contributed by atoms with van der Waals surface area (Å²) in [7, 11) is -3.97. The summed E-state index contributed by atoms with van der Waals surface area (Å²) in [5.41, 5.74) is 5.38. The third kappa shape index (κ3) is 4.69. The molecule has 1 unspecified atom stereocenters. The maximum atomic E-state index is 12.2. The maximum absolute atomic E-state index is 12.2. The Morgan fingerprint density at radius 1 is 1.43 bits per heavy atom. The normalized spacial score (nSPS) is 13.0. The number of carbonyl (C=O) groups is 1. The van der Waals surface area contributed by atoms with Gasteiger partial charge in [0.1, 0.15) is 0 Å². The number of aliphatic hydroxyl groups is 1. The van der Waals surface area contributed by atoms with Gasteiger partial charge in [0.05, 0.1) is 10.5 Å². The number of carboxylic acids is 1. The summed E-state index contributed by atoms with van der Waals surface area (Å²) in [4.78, 5) is 10.8. The van der Waals surface area contributed by atoms with Crippen molar-refractivity contribution in [1.82, 2.24) is 4.72 Å². The Morgan fingerprint density at radius 3 is 2.62 bits per heavy atom. The second kappa shape index (κ2) is 7.39. The lowest BCUT2D eigenvalue weighted by Gasteiger charge is -2.15. The summed E-state index contributed by atoms with van der Waals surface area (Å²) in [5.74, 6) is -1.35. The molecule has 21 heavy (non-hydrogen) atoms. The molecule has 1 rings (SSSR count). The van der Waals surface area contributed by atoms with E-state index in [1.165, 1.54) is 6.07 Å². The van der Waals surface area contributed by atoms with E-state index in [1.807, 2.05) is 6.92 Å². The fourth-order valence-electron chi connectivity index (χ4n) is 1.88. The number of nitrogens with two attached hydrogens (primary N) is 1. The molecule has 0 saturated heterocycles. The Morgan fingerprint density at radius 2 is 2.10 bits per heavy atom. The highest BCUT2D eigenvalue weighted by Gasteiger charge is 2.23. The Hall–Kier alpha value is -1.64. The van der Waals surface area contributed by atoms with Crippen LogP contribution in [0.4, 0.5) is 5.69 Å². The maximum Gasteiger partial charge on any atom is 0.337 e. The van der Waals surface area contributed by atoms with Crippen molar-refractivity contribution in [2.45, 2.75) is 24.7 Å². The van der Waals surface area contributed by atoms with Crippen LogP contribution < -0.4 is 10.5 Å². The predicted molar refractivity (Wildman–Crippen MR) is 78.5 cm³/mol. The lowest BCUT2D eigenvalue weighted by Crippen LogP contribution is -2.30. The summed E-state index contributed by atoms with van der Waals surface area (Å²) in [5, 5.41) is 18.0. The molecule has 0 amide bonds. The van der Waals surface area contributed by atoms with Gasteiger partial charge in [-0.05, 0) is 30.5 Å². The first kappa shape index (κ1) is 17.4. The highest BCUT2D eigenvalue weighted by atomic mass is 32.2. The molecule has 0 radical (unpaired) electrons. The number of hydrogen-bond donors (Lipinski definition) is 4. The van der Waals surface area contributed by atoms with Gasteiger partial charge in [-0.1, -0.05) is 13.3 Å². The largest absolute Gasteiger partial charge is 0.478 e. The van der Waals surface area contributed by atoms with Gasteiger partial charge in [0.15, 0.2) is 0 Å². The molecule has 0 spiro atoms. The average molecular weight is 316 g/mol. The van der Waals surface area contributed by atoms with Gasteiger partial charge in [-0.15, -0.1) is 0 Å². The van der Waals surface area contributed by atoms with E-state index in [4.69, 9.17) is 15.9 Å². The number of hydrogen-bond acceptors (Lipinski definition) is 5. The van der Waals surface area contributed by atoms with Crippen molar-refractivity contribution in [3.63, 3.8) is 0 Å². The fraction of sp³-hybridized carbons (Fsp3) is 0.462. The number of nitrogens with one attached hydrogen (secondary N) is 1. The van der Waals surface area contributed by atoms with Gasteiger partial charge in [-0.25, -0.2) is 17.9 Å². The molecular formula is C13H20N2O5S. The summed E-state index contributed by atoms with van der Waals surface area (Å²) in [6, 6.07) is 3.62. The Balaban J connectivity index is 3.02. The van der Waals surface area contributed by atoms with E-state index in [0.29, 0.717) is 12.8 Å². The van der Waals surface area contributed by atoms with Crippen molar-refractivity contribution in [2.75, 3.05) is 18.9 Å². The first-order chi connectivity index (χ1) is 9.81. The Bertz CT molecular complexity index is 601. The molecule has 0 fully saturated rings. The quantitative estimate of drug-likeness (QED) is 0.521. The van der Waals surface area contributed by atoms with Crippen molar-refractivity contribution < 1.29 is 23.4 Å². The molecule has 8 heteroatoms. The van der Waals surface area contributed by atoms with Crippen LogP contribution in [0.2, 0.25) is 0 Å². The fourth-order valence-corrected chi connectivity index (χ4v) is 3.22. The number of anilines is 1. The highest BCUT2D eigenvalue weighted by Crippen LogP contribution is 2.19.